The van der Waals surface area contributed by atoms with Gasteiger partial charge >= 0.3 is 0 Å². The van der Waals surface area contributed by atoms with E-state index in [-0.39, 0.29) is 6.10 Å². The van der Waals surface area contributed by atoms with Gasteiger partial charge in [0.1, 0.15) is 0 Å². The summed E-state index contributed by atoms with van der Waals surface area (Å²) in [5, 5.41) is 2.17. The van der Waals surface area contributed by atoms with E-state index in [0.717, 1.165) is 13.0 Å². The molecule has 0 unspecified atom stereocenters. The highest BCUT2D eigenvalue weighted by molar-refractivity contribution is 5.49. The van der Waals surface area contributed by atoms with Gasteiger partial charge in [-0.3, -0.25) is 4.84 Å². The molecule has 2 fully saturated rings. The van der Waals surface area contributed by atoms with Crippen molar-refractivity contribution >= 4 is 6.08 Å². The van der Waals surface area contributed by atoms with Gasteiger partial charge in [-0.1, -0.05) is 42.5 Å². The van der Waals surface area contributed by atoms with E-state index in [1.54, 1.807) is 0 Å². The Morgan fingerprint density at radius 1 is 1.25 bits per heavy atom. The second-order valence-corrected chi connectivity index (χ2v) is 4.59. The largest absolute Gasteiger partial charge is 0.291 e. The van der Waals surface area contributed by atoms with Crippen LogP contribution in [-0.4, -0.2) is 23.8 Å². The number of fused-ring (bicyclic) bond motifs is 1. The molecular formula is C14H17NO. The van der Waals surface area contributed by atoms with E-state index in [4.69, 9.17) is 4.84 Å². The highest BCUT2D eigenvalue weighted by Crippen LogP contribution is 2.30. The third-order valence-electron chi connectivity index (χ3n) is 3.40. The molecule has 0 bridgehead atoms. The van der Waals surface area contributed by atoms with Crippen LogP contribution >= 0.6 is 0 Å². The van der Waals surface area contributed by atoms with Gasteiger partial charge in [0.2, 0.25) is 0 Å². The van der Waals surface area contributed by atoms with Gasteiger partial charge in [-0.15, -0.1) is 0 Å². The third-order valence-corrected chi connectivity index (χ3v) is 3.40. The lowest BCUT2D eigenvalue weighted by Crippen LogP contribution is -2.20. The summed E-state index contributed by atoms with van der Waals surface area (Å²) < 4.78 is 0. The second-order valence-electron chi connectivity index (χ2n) is 4.59. The summed E-state index contributed by atoms with van der Waals surface area (Å²) in [7, 11) is 0. The first-order valence-electron chi connectivity index (χ1n) is 6.08. The minimum Gasteiger partial charge on any atom is -0.291 e. The SMILES string of the molecule is C(=C\[C@H]1C[C@@H]2CCCN2O1)/c1ccccc1. The lowest BCUT2D eigenvalue weighted by molar-refractivity contribution is -0.134. The van der Waals surface area contributed by atoms with Crippen LogP contribution in [0.3, 0.4) is 0 Å². The maximum Gasteiger partial charge on any atom is 0.0993 e. The minimum atomic E-state index is 0.283. The van der Waals surface area contributed by atoms with Crippen molar-refractivity contribution in [1.29, 1.82) is 0 Å². The minimum absolute atomic E-state index is 0.283. The van der Waals surface area contributed by atoms with Crippen molar-refractivity contribution in [2.24, 2.45) is 0 Å². The summed E-state index contributed by atoms with van der Waals surface area (Å²) in [5.74, 6) is 0. The third kappa shape index (κ3) is 2.04. The van der Waals surface area contributed by atoms with Crippen LogP contribution in [0.25, 0.3) is 6.08 Å². The molecule has 0 aliphatic carbocycles. The first-order valence-corrected chi connectivity index (χ1v) is 6.08. The quantitative estimate of drug-likeness (QED) is 0.752. The van der Waals surface area contributed by atoms with E-state index in [1.165, 1.54) is 18.4 Å². The Bertz CT molecular complexity index is 362. The fourth-order valence-electron chi connectivity index (χ4n) is 2.56. The van der Waals surface area contributed by atoms with Crippen LogP contribution in [-0.2, 0) is 4.84 Å². The molecule has 3 rings (SSSR count). The molecule has 0 N–H and O–H groups in total. The summed E-state index contributed by atoms with van der Waals surface area (Å²) in [6.07, 6.45) is 8.38. The predicted octanol–water partition coefficient (Wildman–Crippen LogP) is 2.87. The van der Waals surface area contributed by atoms with E-state index in [0.29, 0.717) is 6.04 Å². The fourth-order valence-corrected chi connectivity index (χ4v) is 2.56. The van der Waals surface area contributed by atoms with Crippen LogP contribution in [0.2, 0.25) is 0 Å². The van der Waals surface area contributed by atoms with Crippen LogP contribution in [0, 0.1) is 0 Å². The summed E-state index contributed by atoms with van der Waals surface area (Å²) >= 11 is 0. The maximum atomic E-state index is 5.85. The highest BCUT2D eigenvalue weighted by Gasteiger charge is 2.35. The Kier molecular flexibility index (Phi) is 2.77. The number of hydrogen-bond donors (Lipinski definition) is 0. The Morgan fingerprint density at radius 2 is 2.12 bits per heavy atom. The average molecular weight is 215 g/mol. The van der Waals surface area contributed by atoms with Crippen LogP contribution in [0.1, 0.15) is 24.8 Å². The smallest absolute Gasteiger partial charge is 0.0993 e. The van der Waals surface area contributed by atoms with Gasteiger partial charge in [0, 0.05) is 12.6 Å². The van der Waals surface area contributed by atoms with Crippen molar-refractivity contribution in [3.05, 3.63) is 42.0 Å². The highest BCUT2D eigenvalue weighted by atomic mass is 16.7. The van der Waals surface area contributed by atoms with Crippen LogP contribution in [0.15, 0.2) is 36.4 Å². The Labute approximate surface area is 96.5 Å². The first kappa shape index (κ1) is 10.1. The molecule has 0 aromatic heterocycles. The molecule has 2 aliphatic rings. The number of hydrogen-bond acceptors (Lipinski definition) is 2. The second kappa shape index (κ2) is 4.40. The van der Waals surface area contributed by atoms with Gasteiger partial charge in [0.05, 0.1) is 6.10 Å². The van der Waals surface area contributed by atoms with Crippen molar-refractivity contribution in [3.63, 3.8) is 0 Å². The topological polar surface area (TPSA) is 12.5 Å². The number of nitrogens with zero attached hydrogens (tertiary/aromatic N) is 1. The molecule has 2 aliphatic heterocycles. The van der Waals surface area contributed by atoms with Gasteiger partial charge in [-0.2, -0.15) is 5.06 Å². The average Bonchev–Trinajstić information content (AvgIpc) is 2.88. The van der Waals surface area contributed by atoms with E-state index in [1.807, 2.05) is 6.07 Å². The van der Waals surface area contributed by atoms with Crippen molar-refractivity contribution in [2.45, 2.75) is 31.4 Å². The predicted molar refractivity (Wildman–Crippen MR) is 64.7 cm³/mol. The lowest BCUT2D eigenvalue weighted by atomic mass is 10.1. The number of benzene rings is 1. The first-order chi connectivity index (χ1) is 7.92. The molecule has 2 saturated heterocycles. The summed E-state index contributed by atoms with van der Waals surface area (Å²) in [6, 6.07) is 11.1. The van der Waals surface area contributed by atoms with Crippen LogP contribution in [0.4, 0.5) is 0 Å². The molecule has 0 saturated carbocycles. The van der Waals surface area contributed by atoms with Crippen molar-refractivity contribution in [2.75, 3.05) is 6.54 Å². The molecule has 1 aromatic carbocycles. The summed E-state index contributed by atoms with van der Waals surface area (Å²) in [6.45, 7) is 1.11. The molecule has 2 heterocycles. The van der Waals surface area contributed by atoms with E-state index < -0.39 is 0 Å². The van der Waals surface area contributed by atoms with Crippen LogP contribution in [0.5, 0.6) is 0 Å². The zero-order valence-corrected chi connectivity index (χ0v) is 9.38. The summed E-state index contributed by atoms with van der Waals surface area (Å²) in [5.41, 5.74) is 1.25. The van der Waals surface area contributed by atoms with Crippen molar-refractivity contribution in [3.8, 4) is 0 Å². The van der Waals surface area contributed by atoms with Crippen molar-refractivity contribution in [1.82, 2.24) is 5.06 Å². The molecule has 0 amide bonds. The molecule has 84 valence electrons. The molecule has 2 heteroatoms. The maximum absolute atomic E-state index is 5.85. The summed E-state index contributed by atoms with van der Waals surface area (Å²) in [4.78, 5) is 5.85. The molecule has 0 radical (unpaired) electrons. The normalized spacial score (nSPS) is 30.0. The Morgan fingerprint density at radius 3 is 2.94 bits per heavy atom. The zero-order valence-electron chi connectivity index (χ0n) is 9.38. The standard InChI is InChI=1S/C14H17NO/c1-2-5-12(6-3-1)8-9-14-11-13-7-4-10-15(13)16-14/h1-3,5-6,8-9,13-14H,4,7,10-11H2/b9-8+/t13-,14-/m0/s1. The Hall–Kier alpha value is -1.12. The number of rotatable bonds is 2. The van der Waals surface area contributed by atoms with Gasteiger partial charge in [-0.05, 0) is 24.8 Å². The molecule has 2 atom stereocenters. The van der Waals surface area contributed by atoms with Crippen molar-refractivity contribution < 1.29 is 4.84 Å². The monoisotopic (exact) mass is 215 g/mol. The van der Waals surface area contributed by atoms with E-state index in [9.17, 15) is 0 Å². The molecule has 0 spiro atoms. The van der Waals surface area contributed by atoms with E-state index in [2.05, 4.69) is 41.5 Å². The van der Waals surface area contributed by atoms with Gasteiger partial charge in [0.15, 0.2) is 0 Å². The Balaban J connectivity index is 1.62. The van der Waals surface area contributed by atoms with Gasteiger partial charge in [0.25, 0.3) is 0 Å². The zero-order chi connectivity index (χ0) is 10.8. The van der Waals surface area contributed by atoms with Gasteiger partial charge in [-0.25, -0.2) is 0 Å². The molecular weight excluding hydrogens is 198 g/mol. The van der Waals surface area contributed by atoms with Gasteiger partial charge < -0.3 is 0 Å². The number of hydroxylamine groups is 2. The fraction of sp³-hybridized carbons (Fsp3) is 0.429. The van der Waals surface area contributed by atoms with E-state index >= 15 is 0 Å². The lowest BCUT2D eigenvalue weighted by Gasteiger charge is -2.11. The molecule has 2 nitrogen and oxygen atoms in total. The van der Waals surface area contributed by atoms with Crippen LogP contribution < -0.4 is 0 Å². The molecule has 16 heavy (non-hydrogen) atoms. The molecule has 1 aromatic rings.